The number of rotatable bonds is 8. The van der Waals surface area contributed by atoms with Gasteiger partial charge in [-0.05, 0) is 72.8 Å². The molecule has 6 unspecified atom stereocenters. The zero-order chi connectivity index (χ0) is 32.2. The average molecular weight is 672 g/mol. The molecule has 1 saturated heterocycles. The van der Waals surface area contributed by atoms with Gasteiger partial charge < -0.3 is 16.0 Å². The molecule has 1 spiro atoms. The van der Waals surface area contributed by atoms with Crippen LogP contribution >= 0.6 is 23.2 Å². The Balaban J connectivity index is 1.51. The van der Waals surface area contributed by atoms with E-state index < -0.39 is 56.9 Å². The van der Waals surface area contributed by atoms with Gasteiger partial charge in [-0.2, -0.15) is 0 Å². The number of hydrogen-bond acceptors (Lipinski definition) is 5. The van der Waals surface area contributed by atoms with Crippen molar-refractivity contribution in [3.05, 3.63) is 63.1 Å². The van der Waals surface area contributed by atoms with Gasteiger partial charge >= 0.3 is 0 Å². The fraction of sp³-hybridized carbons (Fsp3) is 0.548. The molecule has 44 heavy (non-hydrogen) atoms. The number of fused-ring (bicyclic) bond motifs is 2. The van der Waals surface area contributed by atoms with E-state index in [9.17, 15) is 18.0 Å². The first kappa shape index (κ1) is 33.1. The number of hydrogen-bond donors (Lipinski definition) is 4. The van der Waals surface area contributed by atoms with Crippen LogP contribution in [0.15, 0.2) is 30.3 Å². The molecule has 2 fully saturated rings. The summed E-state index contributed by atoms with van der Waals surface area (Å²) in [6.07, 6.45) is 4.38. The van der Waals surface area contributed by atoms with Crippen LogP contribution in [0.2, 0.25) is 10.0 Å². The third-order valence-corrected chi connectivity index (χ3v) is 10.4. The molecular formula is C31H38Cl2F2N4O4S. The predicted molar refractivity (Wildman–Crippen MR) is 167 cm³/mol. The van der Waals surface area contributed by atoms with Gasteiger partial charge in [0.1, 0.15) is 17.0 Å². The Morgan fingerprint density at radius 3 is 2.55 bits per heavy atom. The Kier molecular flexibility index (Phi) is 9.12. The lowest BCUT2D eigenvalue weighted by Crippen LogP contribution is -2.49. The number of benzene rings is 2. The lowest BCUT2D eigenvalue weighted by molar-refractivity contribution is -0.123. The van der Waals surface area contributed by atoms with Gasteiger partial charge in [0.05, 0.1) is 22.3 Å². The first-order valence-electron chi connectivity index (χ1n) is 14.8. The number of sulfonamides is 1. The Bertz CT molecular complexity index is 1580. The van der Waals surface area contributed by atoms with Crippen LogP contribution in [0.5, 0.6) is 0 Å². The molecule has 1 aliphatic carbocycles. The van der Waals surface area contributed by atoms with E-state index >= 15 is 8.78 Å². The van der Waals surface area contributed by atoms with E-state index in [2.05, 4.69) is 20.7 Å². The van der Waals surface area contributed by atoms with Gasteiger partial charge in [-0.3, -0.25) is 9.59 Å². The van der Waals surface area contributed by atoms with Crippen molar-refractivity contribution < 1.29 is 26.8 Å². The molecule has 4 N–H and O–H groups in total. The number of nitrogens with one attached hydrogen (secondary N) is 4. The Morgan fingerprint density at radius 2 is 1.86 bits per heavy atom. The van der Waals surface area contributed by atoms with Gasteiger partial charge in [0.2, 0.25) is 21.8 Å². The summed E-state index contributed by atoms with van der Waals surface area (Å²) in [6, 6.07) is 5.16. The van der Waals surface area contributed by atoms with E-state index in [1.165, 1.54) is 24.3 Å². The fourth-order valence-corrected chi connectivity index (χ4v) is 8.59. The maximum absolute atomic E-state index is 15.9. The molecule has 3 aliphatic rings. The topological polar surface area (TPSA) is 116 Å². The van der Waals surface area contributed by atoms with Crippen molar-refractivity contribution in [1.82, 2.24) is 15.4 Å². The first-order chi connectivity index (χ1) is 20.5. The molecule has 0 aromatic heterocycles. The quantitative estimate of drug-likeness (QED) is 0.306. The van der Waals surface area contributed by atoms with Gasteiger partial charge in [-0.1, -0.05) is 56.1 Å². The Labute approximate surface area is 267 Å². The standard InChI is InChI=1S/C31H38Cl2F2N4O4S/c1-30(2,3)15-24-31(19-13-22(34)21(33)14-23(19)37-29(31)41)25(18-6-5-7-20(32)26(18)35)27(38-24)28(40)36-11-10-16-8-9-17(12-16)39-44(4,42)43/h5-7,13-14,16-17,24-25,27,38-39H,8-12,15H2,1-4H3,(H,36,40)(H,37,41). The molecule has 8 nitrogen and oxygen atoms in total. The summed E-state index contributed by atoms with van der Waals surface area (Å²) in [5.74, 6) is -3.25. The number of anilines is 1. The van der Waals surface area contributed by atoms with Crippen LogP contribution in [0, 0.1) is 23.0 Å². The molecule has 2 aliphatic heterocycles. The van der Waals surface area contributed by atoms with Crippen molar-refractivity contribution in [3.63, 3.8) is 0 Å². The van der Waals surface area contributed by atoms with Gasteiger partial charge in [0.25, 0.3) is 0 Å². The zero-order valence-electron chi connectivity index (χ0n) is 25.1. The van der Waals surface area contributed by atoms with Crippen molar-refractivity contribution in [3.8, 4) is 0 Å². The lowest BCUT2D eigenvalue weighted by Gasteiger charge is -2.37. The third kappa shape index (κ3) is 6.35. The molecule has 0 bridgehead atoms. The molecule has 2 amide bonds. The van der Waals surface area contributed by atoms with Gasteiger partial charge in [0, 0.05) is 30.2 Å². The van der Waals surface area contributed by atoms with Crippen molar-refractivity contribution in [2.75, 3.05) is 18.1 Å². The largest absolute Gasteiger partial charge is 0.355 e. The van der Waals surface area contributed by atoms with Crippen LogP contribution < -0.4 is 20.7 Å². The molecule has 2 aromatic rings. The van der Waals surface area contributed by atoms with E-state index in [4.69, 9.17) is 23.2 Å². The first-order valence-corrected chi connectivity index (χ1v) is 17.4. The highest BCUT2D eigenvalue weighted by Crippen LogP contribution is 2.57. The van der Waals surface area contributed by atoms with E-state index in [0.717, 1.165) is 19.1 Å². The molecule has 6 atom stereocenters. The summed E-state index contributed by atoms with van der Waals surface area (Å²) < 4.78 is 56.8. The third-order valence-electron chi connectivity index (χ3n) is 9.07. The molecule has 2 heterocycles. The molecule has 0 radical (unpaired) electrons. The Morgan fingerprint density at radius 1 is 1.14 bits per heavy atom. The van der Waals surface area contributed by atoms with E-state index in [1.807, 2.05) is 20.8 Å². The normalized spacial score (nSPS) is 28.4. The summed E-state index contributed by atoms with van der Waals surface area (Å²) in [5, 5.41) is 8.87. The van der Waals surface area contributed by atoms with Crippen molar-refractivity contribution >= 4 is 50.7 Å². The van der Waals surface area contributed by atoms with Crippen LogP contribution in [0.1, 0.15) is 69.9 Å². The number of halogens is 4. The highest BCUT2D eigenvalue weighted by molar-refractivity contribution is 7.88. The average Bonchev–Trinajstić information content (AvgIpc) is 3.55. The SMILES string of the molecule is CC(C)(C)CC1NC(C(=O)NCCC2CCC(NS(C)(=O)=O)C2)C(c2cccc(Cl)c2F)C12C(=O)Nc1cc(Cl)c(F)cc12. The summed E-state index contributed by atoms with van der Waals surface area (Å²) in [4.78, 5) is 28.2. The summed E-state index contributed by atoms with van der Waals surface area (Å²) >= 11 is 12.3. The van der Waals surface area contributed by atoms with Gasteiger partial charge in [-0.25, -0.2) is 21.9 Å². The molecule has 2 aromatic carbocycles. The van der Waals surface area contributed by atoms with Crippen molar-refractivity contribution in [1.29, 1.82) is 0 Å². The van der Waals surface area contributed by atoms with Crippen LogP contribution in [0.3, 0.4) is 0 Å². The molecular weight excluding hydrogens is 633 g/mol. The second-order valence-corrected chi connectivity index (χ2v) is 16.2. The van der Waals surface area contributed by atoms with Gasteiger partial charge in [-0.15, -0.1) is 0 Å². The van der Waals surface area contributed by atoms with Crippen molar-refractivity contribution in [2.45, 2.75) is 82.3 Å². The predicted octanol–water partition coefficient (Wildman–Crippen LogP) is 5.25. The van der Waals surface area contributed by atoms with Crippen molar-refractivity contribution in [2.24, 2.45) is 11.3 Å². The summed E-state index contributed by atoms with van der Waals surface area (Å²) in [5.41, 5.74) is -1.20. The maximum Gasteiger partial charge on any atom is 0.237 e. The molecule has 240 valence electrons. The van der Waals surface area contributed by atoms with Crippen LogP contribution in [0.25, 0.3) is 0 Å². The minimum Gasteiger partial charge on any atom is -0.355 e. The molecule has 13 heteroatoms. The monoisotopic (exact) mass is 670 g/mol. The minimum absolute atomic E-state index is 0.0744. The van der Waals surface area contributed by atoms with E-state index in [-0.39, 0.29) is 33.0 Å². The molecule has 5 rings (SSSR count). The van der Waals surface area contributed by atoms with Crippen LogP contribution in [0.4, 0.5) is 14.5 Å². The highest BCUT2D eigenvalue weighted by Gasteiger charge is 2.66. The smallest absolute Gasteiger partial charge is 0.237 e. The second kappa shape index (κ2) is 12.1. The second-order valence-electron chi connectivity index (χ2n) is 13.6. The number of amides is 2. The van der Waals surface area contributed by atoms with Crippen LogP contribution in [-0.2, 0) is 25.0 Å². The fourth-order valence-electron chi connectivity index (χ4n) is 7.42. The number of carbonyl (C=O) groups excluding carboxylic acids is 2. The summed E-state index contributed by atoms with van der Waals surface area (Å²) in [6.45, 7) is 6.29. The zero-order valence-corrected chi connectivity index (χ0v) is 27.4. The molecule has 1 saturated carbocycles. The number of carbonyl (C=O) groups is 2. The van der Waals surface area contributed by atoms with E-state index in [1.54, 1.807) is 6.07 Å². The lowest BCUT2D eigenvalue weighted by atomic mass is 9.62. The van der Waals surface area contributed by atoms with Crippen LogP contribution in [-0.4, -0.2) is 51.2 Å². The maximum atomic E-state index is 15.9. The summed E-state index contributed by atoms with van der Waals surface area (Å²) in [7, 11) is -3.31. The highest BCUT2D eigenvalue weighted by atomic mass is 35.5. The van der Waals surface area contributed by atoms with E-state index in [0.29, 0.717) is 37.1 Å². The van der Waals surface area contributed by atoms with Gasteiger partial charge in [0.15, 0.2) is 0 Å². The minimum atomic E-state index is -3.31. The Hall–Kier alpha value is -2.31.